The average Bonchev–Trinajstić information content (AvgIpc) is 3.27. The van der Waals surface area contributed by atoms with Crippen molar-refractivity contribution in [2.75, 3.05) is 11.2 Å². The van der Waals surface area contributed by atoms with Crippen LogP contribution < -0.4 is 16.0 Å². The van der Waals surface area contributed by atoms with E-state index in [1.54, 1.807) is 24.3 Å². The second-order valence-corrected chi connectivity index (χ2v) is 12.0. The Balaban J connectivity index is 1.51. The third-order valence-electron chi connectivity index (χ3n) is 7.07. The molecule has 9 heteroatoms. The van der Waals surface area contributed by atoms with Gasteiger partial charge in [-0.25, -0.2) is 4.79 Å². The van der Waals surface area contributed by atoms with E-state index in [0.717, 1.165) is 16.7 Å². The van der Waals surface area contributed by atoms with Gasteiger partial charge in [0, 0.05) is 17.0 Å². The van der Waals surface area contributed by atoms with E-state index >= 15 is 0 Å². The summed E-state index contributed by atoms with van der Waals surface area (Å²) < 4.78 is -0.571. The van der Waals surface area contributed by atoms with Crippen LogP contribution in [0.1, 0.15) is 30.5 Å². The zero-order valence-corrected chi connectivity index (χ0v) is 23.8. The van der Waals surface area contributed by atoms with Crippen molar-refractivity contribution in [3.05, 3.63) is 102 Å². The van der Waals surface area contributed by atoms with Crippen LogP contribution in [0.25, 0.3) is 0 Å². The molecule has 1 saturated heterocycles. The van der Waals surface area contributed by atoms with Crippen molar-refractivity contribution in [1.82, 2.24) is 15.5 Å². The number of carbonyl (C=O) groups excluding carboxylic acids is 3. The number of amides is 4. The minimum Gasteiger partial charge on any atom is -0.381 e. The Bertz CT molecular complexity index is 1320. The summed E-state index contributed by atoms with van der Waals surface area (Å²) in [5.74, 6) is -0.636. The van der Waals surface area contributed by atoms with Gasteiger partial charge in [0.05, 0.1) is 11.9 Å². The summed E-state index contributed by atoms with van der Waals surface area (Å²) in [5.41, 5.74) is 3.49. The Morgan fingerprint density at radius 1 is 0.975 bits per heavy atom. The molecule has 0 spiro atoms. The van der Waals surface area contributed by atoms with Crippen molar-refractivity contribution in [2.24, 2.45) is 0 Å². The number of anilines is 1. The number of hydrogen-bond acceptors (Lipinski definition) is 5. The van der Waals surface area contributed by atoms with Gasteiger partial charge in [0.25, 0.3) is 5.91 Å². The van der Waals surface area contributed by atoms with E-state index in [2.05, 4.69) is 16.0 Å². The van der Waals surface area contributed by atoms with Gasteiger partial charge in [0.1, 0.15) is 6.04 Å². The summed E-state index contributed by atoms with van der Waals surface area (Å²) in [7, 11) is 0. The number of aliphatic hydroxyl groups is 1. The lowest BCUT2D eigenvalue weighted by molar-refractivity contribution is -0.147. The minimum atomic E-state index is -1.57. The van der Waals surface area contributed by atoms with Crippen LogP contribution in [0.15, 0.2) is 84.9 Å². The molecule has 0 radical (unpaired) electrons. The molecule has 4 N–H and O–H groups in total. The predicted molar refractivity (Wildman–Crippen MR) is 159 cm³/mol. The molecule has 1 heterocycles. The molecule has 8 nitrogen and oxygen atoms in total. The van der Waals surface area contributed by atoms with Crippen LogP contribution in [-0.4, -0.2) is 56.7 Å². The quantitative estimate of drug-likeness (QED) is 0.315. The van der Waals surface area contributed by atoms with Gasteiger partial charge in [0.15, 0.2) is 6.10 Å². The highest BCUT2D eigenvalue weighted by Crippen LogP contribution is 2.40. The molecule has 0 aromatic heterocycles. The number of nitrogens with zero attached hydrogens (tertiary/aromatic N) is 1. The van der Waals surface area contributed by atoms with Gasteiger partial charge < -0.3 is 26.0 Å². The van der Waals surface area contributed by atoms with Gasteiger partial charge in [-0.1, -0.05) is 72.8 Å². The summed E-state index contributed by atoms with van der Waals surface area (Å²) >= 11 is 1.48. The van der Waals surface area contributed by atoms with Crippen LogP contribution in [0.2, 0.25) is 0 Å². The summed E-state index contributed by atoms with van der Waals surface area (Å²) in [6.07, 6.45) is -1.34. The summed E-state index contributed by atoms with van der Waals surface area (Å²) in [4.78, 5) is 41.5. The molecule has 1 aliphatic rings. The van der Waals surface area contributed by atoms with Crippen LogP contribution >= 0.6 is 11.8 Å². The molecule has 3 aromatic rings. The Hall–Kier alpha value is -3.82. The largest absolute Gasteiger partial charge is 0.381 e. The topological polar surface area (TPSA) is 111 Å². The van der Waals surface area contributed by atoms with E-state index in [1.165, 1.54) is 16.7 Å². The zero-order valence-electron chi connectivity index (χ0n) is 23.0. The Morgan fingerprint density at radius 2 is 1.60 bits per heavy atom. The maximum Gasteiger partial charge on any atom is 0.319 e. The first-order chi connectivity index (χ1) is 19.2. The second-order valence-electron chi connectivity index (χ2n) is 10.4. The van der Waals surface area contributed by atoms with Crippen molar-refractivity contribution in [2.45, 2.75) is 56.7 Å². The lowest BCUT2D eigenvalue weighted by Gasteiger charge is -2.33. The normalized spacial score (nSPS) is 17.5. The number of aliphatic hydroxyl groups excluding tert-OH is 1. The maximum atomic E-state index is 13.8. The van der Waals surface area contributed by atoms with Crippen molar-refractivity contribution in [3.63, 3.8) is 0 Å². The fourth-order valence-corrected chi connectivity index (χ4v) is 5.95. The summed E-state index contributed by atoms with van der Waals surface area (Å²) in [5, 5.41) is 19.9. The second kappa shape index (κ2) is 13.0. The first kappa shape index (κ1) is 29.2. The lowest BCUT2D eigenvalue weighted by atomic mass is 9.97. The standard InChI is InChI=1S/C31H36N4O4S/c1-21-12-10-11-15-23(21)19-32-28(37)27-31(2,3)40-20-35(27)29(38)26(36)25(18-22-13-6-4-7-14-22)34-30(39)33-24-16-8-5-9-17-24/h4-17,25-27,36H,18-20H2,1-3H3,(H,32,37)(H2,33,34,39). The lowest BCUT2D eigenvalue weighted by Crippen LogP contribution is -2.59. The van der Waals surface area contributed by atoms with E-state index in [0.29, 0.717) is 12.2 Å². The van der Waals surface area contributed by atoms with E-state index in [-0.39, 0.29) is 18.2 Å². The highest BCUT2D eigenvalue weighted by molar-refractivity contribution is 8.00. The molecule has 3 atom stereocenters. The van der Waals surface area contributed by atoms with E-state index in [9.17, 15) is 19.5 Å². The molecule has 0 saturated carbocycles. The molecule has 40 heavy (non-hydrogen) atoms. The van der Waals surface area contributed by atoms with Gasteiger partial charge in [-0.2, -0.15) is 0 Å². The van der Waals surface area contributed by atoms with Crippen LogP contribution in [0.5, 0.6) is 0 Å². The molecule has 0 bridgehead atoms. The molecule has 3 unspecified atom stereocenters. The smallest absolute Gasteiger partial charge is 0.319 e. The Kier molecular flexibility index (Phi) is 9.50. The first-order valence-electron chi connectivity index (χ1n) is 13.3. The fourth-order valence-electron chi connectivity index (χ4n) is 4.81. The number of nitrogens with one attached hydrogen (secondary N) is 3. The Labute approximate surface area is 239 Å². The summed E-state index contributed by atoms with van der Waals surface area (Å²) in [6, 6.07) is 23.8. The number of thioether (sulfide) groups is 1. The molecule has 4 amide bonds. The fraction of sp³-hybridized carbons (Fsp3) is 0.323. The van der Waals surface area contributed by atoms with Gasteiger partial charge in [-0.15, -0.1) is 11.8 Å². The predicted octanol–water partition coefficient (Wildman–Crippen LogP) is 4.09. The molecule has 4 rings (SSSR count). The van der Waals surface area contributed by atoms with E-state index in [4.69, 9.17) is 0 Å². The van der Waals surface area contributed by atoms with Crippen molar-refractivity contribution in [1.29, 1.82) is 0 Å². The Morgan fingerprint density at radius 3 is 2.27 bits per heavy atom. The van der Waals surface area contributed by atoms with E-state index < -0.39 is 34.9 Å². The molecule has 3 aromatic carbocycles. The highest BCUT2D eigenvalue weighted by Gasteiger charge is 2.49. The number of carbonyl (C=O) groups is 3. The van der Waals surface area contributed by atoms with Crippen LogP contribution in [0.4, 0.5) is 10.5 Å². The van der Waals surface area contributed by atoms with Crippen molar-refractivity contribution < 1.29 is 19.5 Å². The van der Waals surface area contributed by atoms with Gasteiger partial charge >= 0.3 is 6.03 Å². The van der Waals surface area contributed by atoms with Crippen LogP contribution in [-0.2, 0) is 22.6 Å². The molecular weight excluding hydrogens is 524 g/mol. The minimum absolute atomic E-state index is 0.227. The van der Waals surface area contributed by atoms with Crippen molar-refractivity contribution in [3.8, 4) is 0 Å². The number of aryl methyl sites for hydroxylation is 1. The number of urea groups is 1. The number of rotatable bonds is 9. The molecule has 1 aliphatic heterocycles. The zero-order chi connectivity index (χ0) is 28.7. The molecule has 210 valence electrons. The van der Waals surface area contributed by atoms with Gasteiger partial charge in [-0.05, 0) is 56.0 Å². The number of hydrogen-bond donors (Lipinski definition) is 4. The van der Waals surface area contributed by atoms with Gasteiger partial charge in [-0.3, -0.25) is 9.59 Å². The molecule has 1 fully saturated rings. The van der Waals surface area contributed by atoms with Crippen LogP contribution in [0.3, 0.4) is 0 Å². The molecule has 0 aliphatic carbocycles. The highest BCUT2D eigenvalue weighted by atomic mass is 32.2. The van der Waals surface area contributed by atoms with E-state index in [1.807, 2.05) is 81.4 Å². The average molecular weight is 561 g/mol. The number of para-hydroxylation sites is 1. The van der Waals surface area contributed by atoms with Gasteiger partial charge in [0.2, 0.25) is 5.91 Å². The first-order valence-corrected chi connectivity index (χ1v) is 14.3. The number of benzene rings is 3. The third kappa shape index (κ3) is 7.22. The van der Waals surface area contributed by atoms with Crippen LogP contribution in [0, 0.1) is 6.92 Å². The monoisotopic (exact) mass is 560 g/mol. The maximum absolute atomic E-state index is 13.8. The third-order valence-corrected chi connectivity index (χ3v) is 8.45. The molecular formula is C31H36N4O4S. The SMILES string of the molecule is Cc1ccccc1CNC(=O)C1N(C(=O)C(O)C(Cc2ccccc2)NC(=O)Nc2ccccc2)CSC1(C)C. The summed E-state index contributed by atoms with van der Waals surface area (Å²) in [6.45, 7) is 6.16. The van der Waals surface area contributed by atoms with Crippen molar-refractivity contribution >= 4 is 35.3 Å².